The number of methoxy groups -OCH3 is 1. The topological polar surface area (TPSA) is 67.8 Å². The van der Waals surface area contributed by atoms with Gasteiger partial charge in [-0.1, -0.05) is 32.0 Å². The van der Waals surface area contributed by atoms with Crippen molar-refractivity contribution in [3.05, 3.63) is 29.8 Å². The summed E-state index contributed by atoms with van der Waals surface area (Å²) in [5.74, 6) is 0.208. The molecule has 0 heterocycles. The molecule has 1 aromatic carbocycles. The van der Waals surface area contributed by atoms with E-state index >= 15 is 0 Å². The van der Waals surface area contributed by atoms with Crippen molar-refractivity contribution >= 4 is 5.97 Å². The highest BCUT2D eigenvalue weighted by Crippen LogP contribution is 2.17. The number of carbonyl (C=O) groups is 1. The Hall–Kier alpha value is -1.59. The van der Waals surface area contributed by atoms with Gasteiger partial charge in [0.2, 0.25) is 0 Å². The lowest BCUT2D eigenvalue weighted by atomic mass is 10.2. The first-order chi connectivity index (χ1) is 9.08. The van der Waals surface area contributed by atoms with Gasteiger partial charge in [-0.25, -0.2) is 0 Å². The molecular weight excluding hydrogens is 246 g/mol. The van der Waals surface area contributed by atoms with Crippen molar-refractivity contribution < 1.29 is 19.4 Å². The van der Waals surface area contributed by atoms with E-state index in [0.29, 0.717) is 11.3 Å². The van der Waals surface area contributed by atoms with Crippen LogP contribution in [-0.2, 0) is 16.1 Å². The number of ether oxygens (including phenoxy) is 2. The highest BCUT2D eigenvalue weighted by Gasteiger charge is 2.21. The predicted octanol–water partition coefficient (Wildman–Crippen LogP) is 1.10. The molecule has 5 nitrogen and oxygen atoms in total. The third kappa shape index (κ3) is 4.89. The lowest BCUT2D eigenvalue weighted by Gasteiger charge is -2.20. The molecule has 2 N–H and O–H groups in total. The summed E-state index contributed by atoms with van der Waals surface area (Å²) in [6, 6.07) is 6.78. The van der Waals surface area contributed by atoms with Crippen LogP contribution in [0.5, 0.6) is 5.75 Å². The molecular formula is C14H21NO4. The van der Waals surface area contributed by atoms with Crippen molar-refractivity contribution in [2.45, 2.75) is 32.5 Å². The van der Waals surface area contributed by atoms with E-state index < -0.39 is 6.04 Å². The maximum atomic E-state index is 11.6. The second-order valence-corrected chi connectivity index (χ2v) is 4.47. The number of aliphatic hydroxyl groups excluding tert-OH is 1. The smallest absolute Gasteiger partial charge is 0.326 e. The Bertz CT molecular complexity index is 406. The zero-order valence-electron chi connectivity index (χ0n) is 11.6. The fraction of sp³-hybridized carbons (Fsp3) is 0.500. The zero-order valence-corrected chi connectivity index (χ0v) is 11.6. The number of esters is 1. The molecule has 1 rings (SSSR count). The Morgan fingerprint density at radius 3 is 2.63 bits per heavy atom. The van der Waals surface area contributed by atoms with Gasteiger partial charge in [0.25, 0.3) is 0 Å². The number of hydrogen-bond donors (Lipinski definition) is 2. The Balaban J connectivity index is 2.67. The highest BCUT2D eigenvalue weighted by molar-refractivity contribution is 5.75. The van der Waals surface area contributed by atoms with Gasteiger partial charge >= 0.3 is 5.97 Å². The predicted molar refractivity (Wildman–Crippen MR) is 71.9 cm³/mol. The average molecular weight is 267 g/mol. The molecule has 0 aromatic heterocycles. The Morgan fingerprint density at radius 1 is 1.37 bits per heavy atom. The summed E-state index contributed by atoms with van der Waals surface area (Å²) in [6.07, 6.45) is 0. The first-order valence-electron chi connectivity index (χ1n) is 6.24. The van der Waals surface area contributed by atoms with E-state index in [2.05, 4.69) is 5.32 Å². The fourth-order valence-corrected chi connectivity index (χ4v) is 1.68. The molecule has 0 aliphatic heterocycles. The number of aliphatic hydroxyl groups is 1. The van der Waals surface area contributed by atoms with Crippen LogP contribution in [-0.4, -0.2) is 36.9 Å². The minimum absolute atomic E-state index is 0.101. The molecule has 0 radical (unpaired) electrons. The molecule has 0 fully saturated rings. The molecule has 0 aliphatic carbocycles. The molecule has 19 heavy (non-hydrogen) atoms. The van der Waals surface area contributed by atoms with Crippen LogP contribution in [0, 0.1) is 0 Å². The number of hydrogen-bond acceptors (Lipinski definition) is 5. The highest BCUT2D eigenvalue weighted by atomic mass is 16.5. The van der Waals surface area contributed by atoms with Gasteiger partial charge in [-0.05, 0) is 6.07 Å². The number of rotatable bonds is 7. The summed E-state index contributed by atoms with van der Waals surface area (Å²) in [6.45, 7) is 3.94. The maximum Gasteiger partial charge on any atom is 0.326 e. The van der Waals surface area contributed by atoms with E-state index in [1.807, 2.05) is 26.0 Å². The first kappa shape index (κ1) is 15.5. The number of carbonyl (C=O) groups excluding carboxylic acids is 1. The SMILES string of the molecule is COC(=O)C(COc1ccccc1CO)NC(C)C. The van der Waals surface area contributed by atoms with E-state index in [1.54, 1.807) is 12.1 Å². The average Bonchev–Trinajstić information content (AvgIpc) is 2.42. The van der Waals surface area contributed by atoms with Gasteiger partial charge in [0.15, 0.2) is 0 Å². The van der Waals surface area contributed by atoms with Crippen LogP contribution in [0.1, 0.15) is 19.4 Å². The van der Waals surface area contributed by atoms with Crippen LogP contribution in [0.15, 0.2) is 24.3 Å². The number of benzene rings is 1. The number of nitrogens with one attached hydrogen (secondary N) is 1. The van der Waals surface area contributed by atoms with Crippen LogP contribution >= 0.6 is 0 Å². The van der Waals surface area contributed by atoms with E-state index in [0.717, 1.165) is 0 Å². The normalized spacial score (nSPS) is 12.3. The van der Waals surface area contributed by atoms with Gasteiger partial charge in [-0.3, -0.25) is 10.1 Å². The fourth-order valence-electron chi connectivity index (χ4n) is 1.68. The lowest BCUT2D eigenvalue weighted by Crippen LogP contribution is -2.45. The van der Waals surface area contributed by atoms with Gasteiger partial charge in [0.05, 0.1) is 13.7 Å². The van der Waals surface area contributed by atoms with Gasteiger partial charge in [0.1, 0.15) is 18.4 Å². The van der Waals surface area contributed by atoms with E-state index in [-0.39, 0.29) is 25.2 Å². The van der Waals surface area contributed by atoms with E-state index in [4.69, 9.17) is 9.47 Å². The van der Waals surface area contributed by atoms with Crippen molar-refractivity contribution in [2.75, 3.05) is 13.7 Å². The van der Waals surface area contributed by atoms with Gasteiger partial charge < -0.3 is 14.6 Å². The zero-order chi connectivity index (χ0) is 14.3. The first-order valence-corrected chi connectivity index (χ1v) is 6.24. The molecule has 1 atom stereocenters. The molecule has 106 valence electrons. The summed E-state index contributed by atoms with van der Waals surface area (Å²) >= 11 is 0. The summed E-state index contributed by atoms with van der Waals surface area (Å²) in [7, 11) is 1.35. The third-order valence-corrected chi connectivity index (χ3v) is 2.57. The molecule has 0 aliphatic rings. The molecule has 5 heteroatoms. The molecule has 1 aromatic rings. The van der Waals surface area contributed by atoms with Crippen LogP contribution in [0.4, 0.5) is 0 Å². The third-order valence-electron chi connectivity index (χ3n) is 2.57. The van der Waals surface area contributed by atoms with Crippen molar-refractivity contribution in [3.8, 4) is 5.75 Å². The van der Waals surface area contributed by atoms with Crippen molar-refractivity contribution in [3.63, 3.8) is 0 Å². The Labute approximate surface area is 113 Å². The summed E-state index contributed by atoms with van der Waals surface area (Å²) in [5, 5.41) is 12.3. The maximum absolute atomic E-state index is 11.6. The minimum Gasteiger partial charge on any atom is -0.491 e. The quantitative estimate of drug-likeness (QED) is 0.724. The molecule has 0 bridgehead atoms. The summed E-state index contributed by atoms with van der Waals surface area (Å²) in [4.78, 5) is 11.6. The Morgan fingerprint density at radius 2 is 2.05 bits per heavy atom. The monoisotopic (exact) mass is 267 g/mol. The van der Waals surface area contributed by atoms with Crippen molar-refractivity contribution in [1.29, 1.82) is 0 Å². The van der Waals surface area contributed by atoms with Crippen LogP contribution in [0.3, 0.4) is 0 Å². The van der Waals surface area contributed by atoms with Crippen molar-refractivity contribution in [2.24, 2.45) is 0 Å². The summed E-state index contributed by atoms with van der Waals surface area (Å²) in [5.41, 5.74) is 0.690. The molecule has 0 saturated carbocycles. The second kappa shape index (κ2) is 7.76. The summed E-state index contributed by atoms with van der Waals surface area (Å²) < 4.78 is 10.3. The molecule has 0 spiro atoms. The van der Waals surface area contributed by atoms with Gasteiger partial charge in [-0.2, -0.15) is 0 Å². The lowest BCUT2D eigenvalue weighted by molar-refractivity contribution is -0.144. The molecule has 1 unspecified atom stereocenters. The van der Waals surface area contributed by atoms with Gasteiger partial charge in [-0.15, -0.1) is 0 Å². The largest absolute Gasteiger partial charge is 0.491 e. The van der Waals surface area contributed by atoms with Crippen LogP contribution in [0.2, 0.25) is 0 Å². The standard InChI is InChI=1S/C14H21NO4/c1-10(2)15-12(14(17)18-3)9-19-13-7-5-4-6-11(13)8-16/h4-7,10,12,15-16H,8-9H2,1-3H3. The van der Waals surface area contributed by atoms with E-state index in [9.17, 15) is 9.90 Å². The molecule has 0 amide bonds. The molecule has 0 saturated heterocycles. The van der Waals surface area contributed by atoms with Crippen LogP contribution in [0.25, 0.3) is 0 Å². The Kier molecular flexibility index (Phi) is 6.32. The number of para-hydroxylation sites is 1. The second-order valence-electron chi connectivity index (χ2n) is 4.47. The minimum atomic E-state index is -0.531. The van der Waals surface area contributed by atoms with Crippen molar-refractivity contribution in [1.82, 2.24) is 5.32 Å². The van der Waals surface area contributed by atoms with E-state index in [1.165, 1.54) is 7.11 Å². The van der Waals surface area contributed by atoms with Gasteiger partial charge in [0, 0.05) is 11.6 Å². The van der Waals surface area contributed by atoms with Crippen LogP contribution < -0.4 is 10.1 Å².